The maximum Gasteiger partial charge on any atom is 0.261 e. The van der Waals surface area contributed by atoms with Gasteiger partial charge >= 0.3 is 0 Å². The van der Waals surface area contributed by atoms with E-state index >= 15 is 0 Å². The van der Waals surface area contributed by atoms with Gasteiger partial charge in [0, 0.05) is 23.3 Å². The topological polar surface area (TPSA) is 90.0 Å². The highest BCUT2D eigenvalue weighted by atomic mass is 32.1. The molecule has 0 fully saturated rings. The summed E-state index contributed by atoms with van der Waals surface area (Å²) in [5, 5.41) is 4.00. The number of hydrogen-bond acceptors (Lipinski definition) is 5. The number of para-hydroxylation sites is 1. The van der Waals surface area contributed by atoms with E-state index in [4.69, 9.17) is 5.73 Å². The molecule has 4 aromatic rings. The summed E-state index contributed by atoms with van der Waals surface area (Å²) < 4.78 is 1.54. The molecule has 128 valence electrons. The van der Waals surface area contributed by atoms with Crippen LogP contribution in [0.2, 0.25) is 0 Å². The van der Waals surface area contributed by atoms with E-state index in [0.29, 0.717) is 21.1 Å². The van der Waals surface area contributed by atoms with Gasteiger partial charge in [0.05, 0.1) is 17.6 Å². The maximum absolute atomic E-state index is 12.5. The van der Waals surface area contributed by atoms with Gasteiger partial charge in [-0.05, 0) is 30.3 Å². The van der Waals surface area contributed by atoms with Crippen molar-refractivity contribution in [3.8, 4) is 5.69 Å². The number of nitrogens with zero attached hydrogens (tertiary/aromatic N) is 2. The molecular weight excluding hydrogens is 348 g/mol. The van der Waals surface area contributed by atoms with Crippen molar-refractivity contribution in [2.24, 2.45) is 5.73 Å². The Kier molecular flexibility index (Phi) is 3.98. The summed E-state index contributed by atoms with van der Waals surface area (Å²) in [5.41, 5.74) is 7.45. The molecule has 0 saturated heterocycles. The van der Waals surface area contributed by atoms with Crippen LogP contribution in [-0.4, -0.2) is 15.5 Å². The number of nitrogens with one attached hydrogen (secondary N) is 1. The van der Waals surface area contributed by atoms with Crippen molar-refractivity contribution in [1.82, 2.24) is 9.55 Å². The number of thiophene rings is 1. The molecule has 0 bridgehead atoms. The van der Waals surface area contributed by atoms with Crippen LogP contribution in [0, 0.1) is 0 Å². The van der Waals surface area contributed by atoms with Gasteiger partial charge in [0.2, 0.25) is 0 Å². The monoisotopic (exact) mass is 362 g/mol. The lowest BCUT2D eigenvalue weighted by Gasteiger charge is -2.08. The first kappa shape index (κ1) is 16.0. The van der Waals surface area contributed by atoms with Crippen molar-refractivity contribution < 1.29 is 4.79 Å². The SMILES string of the molecule is NC(=O)c1sc2c(ccc(=O)n2-c2cccnc2)c1Nc1ccccc1. The van der Waals surface area contributed by atoms with Gasteiger partial charge in [0.15, 0.2) is 0 Å². The van der Waals surface area contributed by atoms with Crippen molar-refractivity contribution in [3.05, 3.63) is 82.2 Å². The van der Waals surface area contributed by atoms with E-state index in [1.165, 1.54) is 22.0 Å². The number of hydrogen-bond donors (Lipinski definition) is 2. The second-order valence-corrected chi connectivity index (χ2v) is 6.60. The first-order chi connectivity index (χ1) is 12.6. The Morgan fingerprint density at radius 2 is 1.88 bits per heavy atom. The van der Waals surface area contributed by atoms with Gasteiger partial charge in [0.1, 0.15) is 9.71 Å². The zero-order valence-electron chi connectivity index (χ0n) is 13.5. The summed E-state index contributed by atoms with van der Waals surface area (Å²) in [6, 6.07) is 16.2. The number of carbonyl (C=O) groups is 1. The highest BCUT2D eigenvalue weighted by Crippen LogP contribution is 2.37. The van der Waals surface area contributed by atoms with Gasteiger partial charge in [-0.1, -0.05) is 18.2 Å². The largest absolute Gasteiger partial charge is 0.365 e. The van der Waals surface area contributed by atoms with Gasteiger partial charge < -0.3 is 11.1 Å². The van der Waals surface area contributed by atoms with Crippen molar-refractivity contribution in [2.75, 3.05) is 5.32 Å². The number of anilines is 2. The smallest absolute Gasteiger partial charge is 0.261 e. The average molecular weight is 362 g/mol. The Morgan fingerprint density at radius 3 is 2.58 bits per heavy atom. The molecule has 0 aliphatic heterocycles. The molecular formula is C19H14N4O2S. The maximum atomic E-state index is 12.5. The molecule has 3 N–H and O–H groups in total. The van der Waals surface area contributed by atoms with Crippen LogP contribution in [0.3, 0.4) is 0 Å². The lowest BCUT2D eigenvalue weighted by molar-refractivity contribution is 0.100. The number of benzene rings is 1. The molecule has 0 radical (unpaired) electrons. The Morgan fingerprint density at radius 1 is 1.08 bits per heavy atom. The number of amides is 1. The van der Waals surface area contributed by atoms with Crippen LogP contribution in [0.25, 0.3) is 15.9 Å². The molecule has 4 rings (SSSR count). The predicted molar refractivity (Wildman–Crippen MR) is 103 cm³/mol. The first-order valence-corrected chi connectivity index (χ1v) is 8.67. The van der Waals surface area contributed by atoms with Crippen LogP contribution in [0.1, 0.15) is 9.67 Å². The highest BCUT2D eigenvalue weighted by Gasteiger charge is 2.20. The lowest BCUT2D eigenvalue weighted by atomic mass is 10.2. The van der Waals surface area contributed by atoms with Crippen molar-refractivity contribution in [1.29, 1.82) is 0 Å². The zero-order chi connectivity index (χ0) is 18.1. The summed E-state index contributed by atoms with van der Waals surface area (Å²) >= 11 is 1.19. The fourth-order valence-electron chi connectivity index (χ4n) is 2.78. The van der Waals surface area contributed by atoms with Gasteiger partial charge in [-0.25, -0.2) is 0 Å². The number of pyridine rings is 2. The third kappa shape index (κ3) is 2.74. The van der Waals surface area contributed by atoms with Crippen LogP contribution in [0.15, 0.2) is 71.8 Å². The fourth-order valence-corrected chi connectivity index (χ4v) is 3.90. The van der Waals surface area contributed by atoms with E-state index in [9.17, 15) is 9.59 Å². The van der Waals surface area contributed by atoms with E-state index < -0.39 is 5.91 Å². The minimum absolute atomic E-state index is 0.200. The van der Waals surface area contributed by atoms with Crippen LogP contribution < -0.4 is 16.6 Å². The van der Waals surface area contributed by atoms with Gasteiger partial charge in [-0.2, -0.15) is 0 Å². The Hall–Kier alpha value is -3.45. The lowest BCUT2D eigenvalue weighted by Crippen LogP contribution is -2.16. The number of fused-ring (bicyclic) bond motifs is 1. The molecule has 3 aromatic heterocycles. The van der Waals surface area contributed by atoms with E-state index in [0.717, 1.165) is 11.1 Å². The minimum Gasteiger partial charge on any atom is -0.365 e. The summed E-state index contributed by atoms with van der Waals surface area (Å²) in [6.45, 7) is 0. The predicted octanol–water partition coefficient (Wildman–Crippen LogP) is 3.29. The van der Waals surface area contributed by atoms with E-state index in [2.05, 4.69) is 10.3 Å². The number of aromatic nitrogens is 2. The number of rotatable bonds is 4. The molecule has 0 spiro atoms. The Balaban J connectivity index is 1.99. The summed E-state index contributed by atoms with van der Waals surface area (Å²) in [5.74, 6) is -0.546. The average Bonchev–Trinajstić information content (AvgIpc) is 3.02. The molecule has 3 heterocycles. The van der Waals surface area contributed by atoms with Crippen molar-refractivity contribution >= 4 is 38.8 Å². The van der Waals surface area contributed by atoms with Gasteiger partial charge in [-0.3, -0.25) is 19.1 Å². The first-order valence-electron chi connectivity index (χ1n) is 7.86. The fraction of sp³-hybridized carbons (Fsp3) is 0. The quantitative estimate of drug-likeness (QED) is 0.583. The molecule has 0 aliphatic carbocycles. The molecule has 0 aliphatic rings. The molecule has 1 amide bonds. The second kappa shape index (κ2) is 6.45. The van der Waals surface area contributed by atoms with Gasteiger partial charge in [-0.15, -0.1) is 11.3 Å². The summed E-state index contributed by atoms with van der Waals surface area (Å²) in [6.07, 6.45) is 3.25. The molecule has 0 unspecified atom stereocenters. The molecule has 0 atom stereocenters. The highest BCUT2D eigenvalue weighted by molar-refractivity contribution is 7.21. The third-order valence-corrected chi connectivity index (χ3v) is 5.12. The van der Waals surface area contributed by atoms with E-state index in [-0.39, 0.29) is 5.56 Å². The molecule has 26 heavy (non-hydrogen) atoms. The minimum atomic E-state index is -0.546. The molecule has 0 saturated carbocycles. The van der Waals surface area contributed by atoms with Crippen LogP contribution in [0.4, 0.5) is 11.4 Å². The number of carbonyl (C=O) groups excluding carboxylic acids is 1. The number of primary amides is 1. The second-order valence-electron chi connectivity index (χ2n) is 5.60. The van der Waals surface area contributed by atoms with Gasteiger partial charge in [0.25, 0.3) is 11.5 Å². The Labute approximate surface area is 152 Å². The third-order valence-electron chi connectivity index (χ3n) is 3.91. The molecule has 1 aromatic carbocycles. The zero-order valence-corrected chi connectivity index (χ0v) is 14.4. The normalized spacial score (nSPS) is 10.8. The van der Waals surface area contributed by atoms with Crippen molar-refractivity contribution in [3.63, 3.8) is 0 Å². The molecule has 6 nitrogen and oxygen atoms in total. The molecule has 7 heteroatoms. The number of nitrogens with two attached hydrogens (primary N) is 1. The van der Waals surface area contributed by atoms with Crippen LogP contribution in [-0.2, 0) is 0 Å². The van der Waals surface area contributed by atoms with E-state index in [1.54, 1.807) is 30.6 Å². The van der Waals surface area contributed by atoms with E-state index in [1.807, 2.05) is 30.3 Å². The summed E-state index contributed by atoms with van der Waals surface area (Å²) in [4.78, 5) is 29.6. The standard InChI is InChI=1S/C19H14N4O2S/c20-18(25)17-16(22-12-5-2-1-3-6-12)14-8-9-15(24)23(19(14)26-17)13-7-4-10-21-11-13/h1-11,22H,(H2,20,25). The van der Waals surface area contributed by atoms with Crippen molar-refractivity contribution in [2.45, 2.75) is 0 Å². The van der Waals surface area contributed by atoms with Crippen LogP contribution in [0.5, 0.6) is 0 Å². The Bertz CT molecular complexity index is 1150. The summed E-state index contributed by atoms with van der Waals surface area (Å²) in [7, 11) is 0. The van der Waals surface area contributed by atoms with Crippen LogP contribution >= 0.6 is 11.3 Å².